The summed E-state index contributed by atoms with van der Waals surface area (Å²) in [6.07, 6.45) is 6.41. The molecule has 106 valence electrons. The molecule has 2 aromatic heterocycles. The fourth-order valence-corrected chi connectivity index (χ4v) is 3.79. The van der Waals surface area contributed by atoms with Gasteiger partial charge in [0.05, 0.1) is 10.2 Å². The lowest BCUT2D eigenvalue weighted by Gasteiger charge is -2.16. The minimum atomic E-state index is 0.188. The van der Waals surface area contributed by atoms with Gasteiger partial charge in [-0.05, 0) is 38.8 Å². The molecule has 0 N–H and O–H groups in total. The Morgan fingerprint density at radius 1 is 1.35 bits per heavy atom. The summed E-state index contributed by atoms with van der Waals surface area (Å²) in [5, 5.41) is 0. The number of allylic oxidation sites excluding steroid dienone is 2. The zero-order chi connectivity index (χ0) is 14.1. The Morgan fingerprint density at radius 3 is 2.80 bits per heavy atom. The van der Waals surface area contributed by atoms with Crippen molar-refractivity contribution in [3.8, 4) is 0 Å². The van der Waals surface area contributed by atoms with Crippen LogP contribution in [0.3, 0.4) is 0 Å². The molecule has 0 aromatic carbocycles. The minimum Gasteiger partial charge on any atom is -0.337 e. The molecule has 0 saturated carbocycles. The lowest BCUT2D eigenvalue weighted by atomic mass is 10.3. The molecule has 4 heteroatoms. The molecule has 3 heterocycles. The molecule has 0 spiro atoms. The fourth-order valence-electron chi connectivity index (χ4n) is 2.83. The lowest BCUT2D eigenvalue weighted by molar-refractivity contribution is 0.0783. The number of amides is 1. The minimum absolute atomic E-state index is 0.188. The Kier molecular flexibility index (Phi) is 3.66. The van der Waals surface area contributed by atoms with Crippen LogP contribution in [0.1, 0.15) is 35.1 Å². The van der Waals surface area contributed by atoms with Crippen LogP contribution in [0.2, 0.25) is 0 Å². The topological polar surface area (TPSA) is 25.2 Å². The van der Waals surface area contributed by atoms with E-state index in [-0.39, 0.29) is 5.91 Å². The molecule has 1 aliphatic heterocycles. The number of carbonyl (C=O) groups excluding carboxylic acids is 1. The first-order valence-electron chi connectivity index (χ1n) is 7.21. The number of hydrogen-bond acceptors (Lipinski definition) is 2. The standard InChI is InChI=1S/C16H20N2OS/c1-3-4-9-18-13-10-12(2)20-15(13)11-14(18)16(19)17-7-5-6-8-17/h3-4,10-11H,5-9H2,1-2H3/b4-3+. The molecule has 0 atom stereocenters. The maximum absolute atomic E-state index is 12.7. The Balaban J connectivity index is 2.03. The largest absolute Gasteiger partial charge is 0.337 e. The van der Waals surface area contributed by atoms with E-state index in [1.54, 1.807) is 11.3 Å². The molecule has 3 rings (SSSR count). The van der Waals surface area contributed by atoms with Crippen molar-refractivity contribution >= 4 is 27.5 Å². The van der Waals surface area contributed by atoms with Crippen molar-refractivity contribution in [3.05, 3.63) is 34.9 Å². The van der Waals surface area contributed by atoms with E-state index in [1.807, 2.05) is 17.9 Å². The SMILES string of the molecule is C/C=C/Cn1c(C(=O)N2CCCC2)cc2sc(C)cc21. The predicted molar refractivity (Wildman–Crippen MR) is 84.5 cm³/mol. The smallest absolute Gasteiger partial charge is 0.270 e. The number of rotatable bonds is 3. The number of nitrogens with zero attached hydrogens (tertiary/aromatic N) is 2. The maximum atomic E-state index is 12.7. The van der Waals surface area contributed by atoms with Gasteiger partial charge in [-0.15, -0.1) is 11.3 Å². The third-order valence-electron chi connectivity index (χ3n) is 3.85. The quantitative estimate of drug-likeness (QED) is 0.788. The van der Waals surface area contributed by atoms with Gasteiger partial charge in [-0.25, -0.2) is 0 Å². The van der Waals surface area contributed by atoms with Gasteiger partial charge in [-0.1, -0.05) is 12.2 Å². The summed E-state index contributed by atoms with van der Waals surface area (Å²) in [6.45, 7) is 6.71. The molecule has 1 fully saturated rings. The highest BCUT2D eigenvalue weighted by molar-refractivity contribution is 7.19. The Morgan fingerprint density at radius 2 is 2.10 bits per heavy atom. The van der Waals surface area contributed by atoms with Gasteiger partial charge in [-0.2, -0.15) is 0 Å². The Bertz CT molecular complexity index is 659. The van der Waals surface area contributed by atoms with E-state index >= 15 is 0 Å². The van der Waals surface area contributed by atoms with Crippen molar-refractivity contribution in [1.82, 2.24) is 9.47 Å². The zero-order valence-electron chi connectivity index (χ0n) is 12.1. The van der Waals surface area contributed by atoms with Crippen molar-refractivity contribution < 1.29 is 4.79 Å². The summed E-state index contributed by atoms with van der Waals surface area (Å²) < 4.78 is 3.37. The second-order valence-electron chi connectivity index (χ2n) is 5.32. The summed E-state index contributed by atoms with van der Waals surface area (Å²) in [4.78, 5) is 15.9. The summed E-state index contributed by atoms with van der Waals surface area (Å²) in [5.74, 6) is 0.188. The van der Waals surface area contributed by atoms with Crippen LogP contribution in [-0.4, -0.2) is 28.5 Å². The number of aromatic nitrogens is 1. The molecular weight excluding hydrogens is 268 g/mol. The third kappa shape index (κ3) is 2.29. The summed E-state index contributed by atoms with van der Waals surface area (Å²) in [6, 6.07) is 4.25. The second-order valence-corrected chi connectivity index (χ2v) is 6.60. The maximum Gasteiger partial charge on any atom is 0.270 e. The molecule has 1 saturated heterocycles. The average molecular weight is 288 g/mol. The molecular formula is C16H20N2OS. The molecule has 2 aromatic rings. The number of fused-ring (bicyclic) bond motifs is 1. The van der Waals surface area contributed by atoms with Crippen LogP contribution in [0.15, 0.2) is 24.3 Å². The number of aryl methyl sites for hydroxylation is 1. The third-order valence-corrected chi connectivity index (χ3v) is 4.84. The number of carbonyl (C=O) groups is 1. The molecule has 1 aliphatic rings. The summed E-state index contributed by atoms with van der Waals surface area (Å²) in [5.41, 5.74) is 2.03. The average Bonchev–Trinajstić information content (AvgIpc) is 3.11. The van der Waals surface area contributed by atoms with Crippen molar-refractivity contribution in [1.29, 1.82) is 0 Å². The van der Waals surface area contributed by atoms with Crippen molar-refractivity contribution in [2.75, 3.05) is 13.1 Å². The van der Waals surface area contributed by atoms with E-state index in [0.29, 0.717) is 0 Å². The fraction of sp³-hybridized carbons (Fsp3) is 0.438. The molecule has 0 aliphatic carbocycles. The van der Waals surface area contributed by atoms with E-state index in [4.69, 9.17) is 0 Å². The van der Waals surface area contributed by atoms with Crippen LogP contribution in [0.25, 0.3) is 10.2 Å². The van der Waals surface area contributed by atoms with E-state index in [0.717, 1.165) is 38.2 Å². The molecule has 3 nitrogen and oxygen atoms in total. The van der Waals surface area contributed by atoms with Crippen molar-refractivity contribution in [2.24, 2.45) is 0 Å². The van der Waals surface area contributed by atoms with Crippen LogP contribution in [0.5, 0.6) is 0 Å². The highest BCUT2D eigenvalue weighted by Gasteiger charge is 2.24. The number of thiophene rings is 1. The van der Waals surface area contributed by atoms with Gasteiger partial charge >= 0.3 is 0 Å². The second kappa shape index (κ2) is 5.44. The van der Waals surface area contributed by atoms with Crippen LogP contribution in [0, 0.1) is 6.92 Å². The first kappa shape index (κ1) is 13.4. The number of likely N-dealkylation sites (tertiary alicyclic amines) is 1. The van der Waals surface area contributed by atoms with Crippen LogP contribution in [0.4, 0.5) is 0 Å². The molecule has 20 heavy (non-hydrogen) atoms. The number of hydrogen-bond donors (Lipinski definition) is 0. The molecule has 0 unspecified atom stereocenters. The normalized spacial score (nSPS) is 15.8. The van der Waals surface area contributed by atoms with Gasteiger partial charge in [0.2, 0.25) is 0 Å². The summed E-state index contributed by atoms with van der Waals surface area (Å²) >= 11 is 1.76. The zero-order valence-corrected chi connectivity index (χ0v) is 12.9. The van der Waals surface area contributed by atoms with Gasteiger partial charge in [0.1, 0.15) is 5.69 Å². The van der Waals surface area contributed by atoms with Gasteiger partial charge in [0.15, 0.2) is 0 Å². The highest BCUT2D eigenvalue weighted by Crippen LogP contribution is 2.29. The van der Waals surface area contributed by atoms with E-state index in [9.17, 15) is 4.79 Å². The van der Waals surface area contributed by atoms with Crippen LogP contribution >= 0.6 is 11.3 Å². The van der Waals surface area contributed by atoms with Crippen LogP contribution in [-0.2, 0) is 6.54 Å². The Hall–Kier alpha value is -1.55. The van der Waals surface area contributed by atoms with Gasteiger partial charge in [0.25, 0.3) is 5.91 Å². The highest BCUT2D eigenvalue weighted by atomic mass is 32.1. The summed E-state index contributed by atoms with van der Waals surface area (Å²) in [7, 11) is 0. The van der Waals surface area contributed by atoms with Crippen molar-refractivity contribution in [3.63, 3.8) is 0 Å². The van der Waals surface area contributed by atoms with Crippen LogP contribution < -0.4 is 0 Å². The Labute approximate surface area is 123 Å². The van der Waals surface area contributed by atoms with E-state index in [2.05, 4.69) is 29.7 Å². The van der Waals surface area contributed by atoms with E-state index < -0.39 is 0 Å². The molecule has 0 bridgehead atoms. The van der Waals surface area contributed by atoms with E-state index in [1.165, 1.54) is 15.1 Å². The molecule has 1 amide bonds. The first-order valence-corrected chi connectivity index (χ1v) is 8.02. The van der Waals surface area contributed by atoms with Gasteiger partial charge < -0.3 is 9.47 Å². The monoisotopic (exact) mass is 288 g/mol. The predicted octanol–water partition coefficient (Wildman–Crippen LogP) is 3.82. The van der Waals surface area contributed by atoms with Gasteiger partial charge in [-0.3, -0.25) is 4.79 Å². The first-order chi connectivity index (χ1) is 9.70. The molecule has 0 radical (unpaired) electrons. The van der Waals surface area contributed by atoms with Gasteiger partial charge in [0, 0.05) is 24.5 Å². The lowest BCUT2D eigenvalue weighted by Crippen LogP contribution is -2.29. The van der Waals surface area contributed by atoms with Crippen molar-refractivity contribution in [2.45, 2.75) is 33.2 Å².